The standard InChI is InChI=1S/C26H49NO8/c1-3-4-5-6-7-8-9-10-11-12-13-14-15-16-21(30)20(27-19(2)29)18-34-26-25(33)24(32)23(31)22(17-28)35-26/h15-16,20-26,28,30-33H,3-14,17-18H2,1-2H3,(H,27,29)/t20?,21-,22-,23+,24+,25-,26+/m1/s1. The fraction of sp³-hybridized carbons (Fsp3) is 0.885. The van der Waals surface area contributed by atoms with E-state index in [9.17, 15) is 30.3 Å². The van der Waals surface area contributed by atoms with E-state index in [1.54, 1.807) is 6.08 Å². The number of carbonyl (C=O) groups is 1. The summed E-state index contributed by atoms with van der Waals surface area (Å²) in [5.41, 5.74) is 0. The molecular formula is C26H49NO8. The Bertz CT molecular complexity index is 574. The van der Waals surface area contributed by atoms with Crippen molar-refractivity contribution in [1.82, 2.24) is 5.32 Å². The second kappa shape index (κ2) is 19.1. The molecule has 7 atom stereocenters. The van der Waals surface area contributed by atoms with Crippen LogP contribution in [-0.2, 0) is 14.3 Å². The van der Waals surface area contributed by atoms with Gasteiger partial charge in [-0.3, -0.25) is 4.79 Å². The molecule has 1 heterocycles. The summed E-state index contributed by atoms with van der Waals surface area (Å²) in [5.74, 6) is -0.356. The molecule has 0 radical (unpaired) electrons. The normalized spacial score (nSPS) is 26.7. The molecule has 1 fully saturated rings. The van der Waals surface area contributed by atoms with Gasteiger partial charge in [-0.25, -0.2) is 0 Å². The van der Waals surface area contributed by atoms with Gasteiger partial charge in [0.2, 0.25) is 5.91 Å². The van der Waals surface area contributed by atoms with Gasteiger partial charge in [0.1, 0.15) is 24.4 Å². The molecule has 6 N–H and O–H groups in total. The van der Waals surface area contributed by atoms with Crippen molar-refractivity contribution in [2.45, 2.75) is 134 Å². The predicted molar refractivity (Wildman–Crippen MR) is 134 cm³/mol. The van der Waals surface area contributed by atoms with Crippen LogP contribution in [0, 0.1) is 0 Å². The van der Waals surface area contributed by atoms with Crippen LogP contribution in [0.1, 0.15) is 90.9 Å². The quantitative estimate of drug-likeness (QED) is 0.116. The largest absolute Gasteiger partial charge is 0.394 e. The molecule has 1 aliphatic rings. The Balaban J connectivity index is 2.31. The Labute approximate surface area is 210 Å². The summed E-state index contributed by atoms with van der Waals surface area (Å²) in [6, 6.07) is -0.798. The second-order valence-electron chi connectivity index (χ2n) is 9.58. The number of rotatable bonds is 19. The first-order valence-electron chi connectivity index (χ1n) is 13.4. The van der Waals surface area contributed by atoms with Crippen molar-refractivity contribution < 1.29 is 39.8 Å². The number of hydrogen-bond donors (Lipinski definition) is 6. The minimum Gasteiger partial charge on any atom is -0.394 e. The van der Waals surface area contributed by atoms with Crippen molar-refractivity contribution in [3.05, 3.63) is 12.2 Å². The summed E-state index contributed by atoms with van der Waals surface area (Å²) in [7, 11) is 0. The van der Waals surface area contributed by atoms with Crippen LogP contribution < -0.4 is 5.32 Å². The number of unbranched alkanes of at least 4 members (excludes halogenated alkanes) is 11. The van der Waals surface area contributed by atoms with Crippen LogP contribution in [0.15, 0.2) is 12.2 Å². The summed E-state index contributed by atoms with van der Waals surface area (Å²) in [5, 5.41) is 52.2. The molecule has 0 bridgehead atoms. The molecule has 0 aliphatic carbocycles. The fourth-order valence-electron chi connectivity index (χ4n) is 4.19. The van der Waals surface area contributed by atoms with Crippen molar-refractivity contribution in [2.75, 3.05) is 13.2 Å². The summed E-state index contributed by atoms with van der Waals surface area (Å²) in [6.07, 6.45) is 10.3. The van der Waals surface area contributed by atoms with E-state index in [2.05, 4.69) is 12.2 Å². The highest BCUT2D eigenvalue weighted by atomic mass is 16.7. The Hall–Kier alpha value is -1.07. The number of nitrogens with one attached hydrogen (secondary N) is 1. The Kier molecular flexibility index (Phi) is 17.4. The number of amides is 1. The van der Waals surface area contributed by atoms with E-state index in [1.165, 1.54) is 64.7 Å². The highest BCUT2D eigenvalue weighted by Gasteiger charge is 2.44. The first-order valence-corrected chi connectivity index (χ1v) is 13.4. The van der Waals surface area contributed by atoms with E-state index in [0.717, 1.165) is 19.3 Å². The van der Waals surface area contributed by atoms with Crippen molar-refractivity contribution >= 4 is 5.91 Å². The van der Waals surface area contributed by atoms with Crippen LogP contribution in [0.5, 0.6) is 0 Å². The molecule has 1 amide bonds. The molecule has 0 aromatic rings. The first-order chi connectivity index (χ1) is 16.8. The van der Waals surface area contributed by atoms with Gasteiger partial charge in [-0.2, -0.15) is 0 Å². The maximum Gasteiger partial charge on any atom is 0.217 e. The molecule has 35 heavy (non-hydrogen) atoms. The zero-order chi connectivity index (χ0) is 26.1. The van der Waals surface area contributed by atoms with E-state index >= 15 is 0 Å². The van der Waals surface area contributed by atoms with E-state index in [-0.39, 0.29) is 12.5 Å². The molecular weight excluding hydrogens is 454 g/mol. The third-order valence-electron chi connectivity index (χ3n) is 6.40. The molecule has 1 saturated heterocycles. The van der Waals surface area contributed by atoms with Gasteiger partial charge >= 0.3 is 0 Å². The SMILES string of the molecule is CCCCCCCCCCCCCC=C[C@@H](O)C(CO[C@H]1O[C@H](CO)[C@H](O)[C@H](O)[C@H]1O)NC(C)=O. The minimum atomic E-state index is -1.55. The molecule has 1 unspecified atom stereocenters. The van der Waals surface area contributed by atoms with Crippen LogP contribution in [0.4, 0.5) is 0 Å². The Morgan fingerprint density at radius 2 is 1.51 bits per heavy atom. The lowest BCUT2D eigenvalue weighted by Gasteiger charge is -2.40. The van der Waals surface area contributed by atoms with Crippen molar-refractivity contribution in [3.8, 4) is 0 Å². The lowest BCUT2D eigenvalue weighted by molar-refractivity contribution is -0.302. The molecule has 0 saturated carbocycles. The molecule has 1 rings (SSSR count). The van der Waals surface area contributed by atoms with Gasteiger partial charge in [-0.15, -0.1) is 0 Å². The topological polar surface area (TPSA) is 149 Å². The number of aliphatic hydroxyl groups excluding tert-OH is 5. The van der Waals surface area contributed by atoms with E-state index in [1.807, 2.05) is 6.08 Å². The third-order valence-corrected chi connectivity index (χ3v) is 6.40. The smallest absolute Gasteiger partial charge is 0.217 e. The van der Waals surface area contributed by atoms with Crippen LogP contribution in [0.3, 0.4) is 0 Å². The number of allylic oxidation sites excluding steroid dienone is 1. The Morgan fingerprint density at radius 3 is 2.06 bits per heavy atom. The van der Waals surface area contributed by atoms with Gasteiger partial charge < -0.3 is 40.3 Å². The molecule has 9 heteroatoms. The van der Waals surface area contributed by atoms with E-state index < -0.39 is 49.5 Å². The maximum absolute atomic E-state index is 11.6. The first kappa shape index (κ1) is 32.0. The maximum atomic E-state index is 11.6. The van der Waals surface area contributed by atoms with Crippen molar-refractivity contribution in [3.63, 3.8) is 0 Å². The molecule has 9 nitrogen and oxygen atoms in total. The number of hydrogen-bond acceptors (Lipinski definition) is 8. The predicted octanol–water partition coefficient (Wildman–Crippen LogP) is 1.93. The van der Waals surface area contributed by atoms with Crippen LogP contribution in [0.2, 0.25) is 0 Å². The molecule has 0 aromatic heterocycles. The molecule has 0 aromatic carbocycles. The third kappa shape index (κ3) is 13.2. The highest BCUT2D eigenvalue weighted by Crippen LogP contribution is 2.22. The van der Waals surface area contributed by atoms with E-state index in [0.29, 0.717) is 0 Å². The van der Waals surface area contributed by atoms with Gasteiger partial charge in [-0.1, -0.05) is 83.3 Å². The monoisotopic (exact) mass is 503 g/mol. The minimum absolute atomic E-state index is 0.202. The lowest BCUT2D eigenvalue weighted by atomic mass is 9.99. The summed E-state index contributed by atoms with van der Waals surface area (Å²) >= 11 is 0. The van der Waals surface area contributed by atoms with Crippen LogP contribution >= 0.6 is 0 Å². The molecule has 1 aliphatic heterocycles. The Morgan fingerprint density at radius 1 is 0.943 bits per heavy atom. The number of carbonyl (C=O) groups excluding carboxylic acids is 1. The molecule has 206 valence electrons. The average Bonchev–Trinajstić information content (AvgIpc) is 2.83. The van der Waals surface area contributed by atoms with Gasteiger partial charge in [0.15, 0.2) is 6.29 Å². The lowest BCUT2D eigenvalue weighted by Crippen LogP contribution is -2.60. The summed E-state index contributed by atoms with van der Waals surface area (Å²) in [6.45, 7) is 2.79. The van der Waals surface area contributed by atoms with Gasteiger partial charge in [0.05, 0.1) is 25.4 Å². The van der Waals surface area contributed by atoms with Crippen LogP contribution in [-0.4, -0.2) is 87.5 Å². The van der Waals surface area contributed by atoms with Gasteiger partial charge in [-0.05, 0) is 12.8 Å². The molecule has 0 spiro atoms. The average molecular weight is 504 g/mol. The van der Waals surface area contributed by atoms with Gasteiger partial charge in [0, 0.05) is 6.92 Å². The van der Waals surface area contributed by atoms with Crippen molar-refractivity contribution in [1.29, 1.82) is 0 Å². The number of ether oxygens (including phenoxy) is 2. The second-order valence-corrected chi connectivity index (χ2v) is 9.58. The zero-order valence-electron chi connectivity index (χ0n) is 21.6. The summed E-state index contributed by atoms with van der Waals surface area (Å²) < 4.78 is 10.8. The fourth-order valence-corrected chi connectivity index (χ4v) is 4.19. The highest BCUT2D eigenvalue weighted by molar-refractivity contribution is 5.73. The van der Waals surface area contributed by atoms with Gasteiger partial charge in [0.25, 0.3) is 0 Å². The zero-order valence-corrected chi connectivity index (χ0v) is 21.6. The van der Waals surface area contributed by atoms with Crippen molar-refractivity contribution in [2.24, 2.45) is 0 Å². The summed E-state index contributed by atoms with van der Waals surface area (Å²) in [4.78, 5) is 11.6. The number of aliphatic hydroxyl groups is 5. The van der Waals surface area contributed by atoms with Crippen LogP contribution in [0.25, 0.3) is 0 Å². The van der Waals surface area contributed by atoms with E-state index in [4.69, 9.17) is 9.47 Å².